The van der Waals surface area contributed by atoms with Crippen LogP contribution in [0.25, 0.3) is 6.08 Å². The van der Waals surface area contributed by atoms with E-state index in [1.807, 2.05) is 0 Å². The summed E-state index contributed by atoms with van der Waals surface area (Å²) in [4.78, 5) is 0. The number of hydrogen-bond acceptors (Lipinski definition) is 0. The van der Waals surface area contributed by atoms with E-state index in [1.54, 1.807) is 5.57 Å². The zero-order chi connectivity index (χ0) is 29.4. The molecule has 1 unspecified atom stereocenters. The summed E-state index contributed by atoms with van der Waals surface area (Å²) in [5.41, 5.74) is 4.94. The van der Waals surface area contributed by atoms with Crippen molar-refractivity contribution in [3.63, 3.8) is 0 Å². The van der Waals surface area contributed by atoms with Crippen LogP contribution in [0.15, 0.2) is 121 Å². The molecule has 1 aliphatic carbocycles. The summed E-state index contributed by atoms with van der Waals surface area (Å²) in [7, 11) is -2.51. The Morgan fingerprint density at radius 2 is 0.976 bits per heavy atom. The maximum atomic E-state index is 2.57. The van der Waals surface area contributed by atoms with Gasteiger partial charge in [0.25, 0.3) is 0 Å². The van der Waals surface area contributed by atoms with E-state index in [4.69, 9.17) is 0 Å². The first-order valence-electron chi connectivity index (χ1n) is 16.5. The van der Waals surface area contributed by atoms with E-state index in [-0.39, 0.29) is 0 Å². The van der Waals surface area contributed by atoms with Gasteiger partial charge in [0.2, 0.25) is 0 Å². The first kappa shape index (κ1) is 30.5. The van der Waals surface area contributed by atoms with E-state index in [0.29, 0.717) is 11.6 Å². The third kappa shape index (κ3) is 6.82. The normalized spacial score (nSPS) is 16.6. The average Bonchev–Trinajstić information content (AvgIpc) is 3.37. The van der Waals surface area contributed by atoms with Crippen molar-refractivity contribution in [1.29, 1.82) is 0 Å². The van der Waals surface area contributed by atoms with Crippen LogP contribution >= 0.6 is 7.26 Å². The number of hydrogen-bond donors (Lipinski definition) is 0. The van der Waals surface area contributed by atoms with Crippen molar-refractivity contribution >= 4 is 29.3 Å². The van der Waals surface area contributed by atoms with E-state index in [2.05, 4.69) is 149 Å². The van der Waals surface area contributed by atoms with E-state index in [9.17, 15) is 0 Å². The summed E-state index contributed by atoms with van der Waals surface area (Å²) in [5, 5.41) is 4.49. The molecule has 0 saturated carbocycles. The van der Waals surface area contributed by atoms with Crippen molar-refractivity contribution < 1.29 is 0 Å². The molecular formula is C41H51P. The first-order chi connectivity index (χ1) is 20.5. The summed E-state index contributed by atoms with van der Waals surface area (Å²) in [6, 6.07) is 43.7. The molecule has 0 radical (unpaired) electrons. The van der Waals surface area contributed by atoms with Crippen LogP contribution in [0.5, 0.6) is 0 Å². The third-order valence-electron chi connectivity index (χ3n) is 9.60. The van der Waals surface area contributed by atoms with Crippen molar-refractivity contribution in [3.05, 3.63) is 132 Å². The molecule has 5 rings (SSSR count). The van der Waals surface area contributed by atoms with Crippen LogP contribution in [0.1, 0.15) is 89.4 Å². The maximum absolute atomic E-state index is 2.57. The molecule has 0 aliphatic heterocycles. The van der Waals surface area contributed by atoms with Crippen LogP contribution in [0, 0.1) is 17.8 Å². The second-order valence-electron chi connectivity index (χ2n) is 13.4. The van der Waals surface area contributed by atoms with Crippen LogP contribution in [0.2, 0.25) is 0 Å². The predicted molar refractivity (Wildman–Crippen MR) is 189 cm³/mol. The van der Waals surface area contributed by atoms with E-state index < -0.39 is 7.26 Å². The quantitative estimate of drug-likeness (QED) is 0.131. The summed E-state index contributed by atoms with van der Waals surface area (Å²) in [6.07, 6.45) is 11.9. The van der Waals surface area contributed by atoms with Crippen molar-refractivity contribution in [2.24, 2.45) is 17.8 Å². The summed E-state index contributed by atoms with van der Waals surface area (Å²) in [5.74, 6) is 2.34. The molecule has 0 N–H and O–H groups in total. The van der Waals surface area contributed by atoms with E-state index in [1.165, 1.54) is 72.0 Å². The number of rotatable bonds is 14. The number of fused-ring (bicyclic) bond motifs is 1. The van der Waals surface area contributed by atoms with Crippen molar-refractivity contribution in [2.75, 3.05) is 0 Å². The van der Waals surface area contributed by atoms with Gasteiger partial charge in [-0.25, -0.2) is 0 Å². The molecular weight excluding hydrogens is 523 g/mol. The van der Waals surface area contributed by atoms with Gasteiger partial charge in [-0.15, -0.1) is 0 Å². The molecule has 0 fully saturated rings. The zero-order valence-corrected chi connectivity index (χ0v) is 27.3. The van der Waals surface area contributed by atoms with Crippen LogP contribution < -0.4 is 15.9 Å². The molecule has 42 heavy (non-hydrogen) atoms. The molecule has 1 heteroatoms. The minimum absolute atomic E-state index is 0.373. The van der Waals surface area contributed by atoms with Crippen molar-refractivity contribution in [2.45, 2.75) is 78.3 Å². The second kappa shape index (κ2) is 14.5. The Balaban J connectivity index is 1.50. The van der Waals surface area contributed by atoms with Gasteiger partial charge in [-0.2, -0.15) is 0 Å². The number of benzene rings is 4. The Hall–Kier alpha value is -2.95. The topological polar surface area (TPSA) is 0 Å². The molecule has 0 heterocycles. The van der Waals surface area contributed by atoms with Gasteiger partial charge in [0.1, 0.15) is 0 Å². The monoisotopic (exact) mass is 574 g/mol. The fourth-order valence-corrected chi connectivity index (χ4v) is 13.2. The third-order valence-corrected chi connectivity index (χ3v) is 14.9. The van der Waals surface area contributed by atoms with Gasteiger partial charge >= 0.3 is 243 Å². The Kier molecular flexibility index (Phi) is 10.5. The van der Waals surface area contributed by atoms with Gasteiger partial charge in [0.15, 0.2) is 0 Å². The molecule has 220 valence electrons. The fraction of sp³-hybridized carbons (Fsp3) is 0.366. The molecule has 4 aromatic rings. The van der Waals surface area contributed by atoms with Gasteiger partial charge in [-0.05, 0) is 0 Å². The molecule has 1 aliphatic rings. The Morgan fingerprint density at radius 3 is 1.50 bits per heavy atom. The van der Waals surface area contributed by atoms with Gasteiger partial charge < -0.3 is 0 Å². The standard InChI is InChI=1S/C41H51P/c1-32(2)18-16-19-33(3)20-17-21-34(4)30-36-31-35-22-14-15-29-40(35)41(36)42(37-23-8-5-9-24-37,38-25-10-6-11-26-38)39-27-12-7-13-28-39/h5-15,22-29,31-34,41-42H,16-21,30H2,1-4H3/t33-,34-,41?/m1/s1. The van der Waals surface area contributed by atoms with Crippen LogP contribution in [-0.4, -0.2) is 0 Å². The molecule has 0 saturated heterocycles. The molecule has 3 atom stereocenters. The van der Waals surface area contributed by atoms with Crippen molar-refractivity contribution in [3.8, 4) is 0 Å². The Morgan fingerprint density at radius 1 is 0.524 bits per heavy atom. The van der Waals surface area contributed by atoms with Crippen LogP contribution in [0.4, 0.5) is 0 Å². The molecule has 0 bridgehead atoms. The molecule has 4 aromatic carbocycles. The molecule has 0 spiro atoms. The molecule has 0 nitrogen and oxygen atoms in total. The molecule has 0 amide bonds. The van der Waals surface area contributed by atoms with Crippen molar-refractivity contribution in [1.82, 2.24) is 0 Å². The van der Waals surface area contributed by atoms with Gasteiger partial charge in [-0.1, -0.05) is 13.8 Å². The SMILES string of the molecule is CC(C)CCC[C@@H](C)CCC[C@@H](C)CC1=Cc2ccccc2C1[PH](c1ccccc1)(c1ccccc1)c1ccccc1. The van der Waals surface area contributed by atoms with Gasteiger partial charge in [-0.3, -0.25) is 0 Å². The Bertz CT molecular complexity index is 1310. The second-order valence-corrected chi connectivity index (χ2v) is 17.3. The van der Waals surface area contributed by atoms with Crippen LogP contribution in [-0.2, 0) is 0 Å². The van der Waals surface area contributed by atoms with Gasteiger partial charge in [0, 0.05) is 0 Å². The summed E-state index contributed by atoms with van der Waals surface area (Å²) in [6.45, 7) is 9.67. The Labute approximate surface area is 256 Å². The summed E-state index contributed by atoms with van der Waals surface area (Å²) >= 11 is 0. The molecule has 0 aromatic heterocycles. The predicted octanol–water partition coefficient (Wildman–Crippen LogP) is 10.5. The first-order valence-corrected chi connectivity index (χ1v) is 18.5. The van der Waals surface area contributed by atoms with Gasteiger partial charge in [0.05, 0.1) is 0 Å². The fourth-order valence-electron chi connectivity index (χ4n) is 7.52. The van der Waals surface area contributed by atoms with E-state index >= 15 is 0 Å². The van der Waals surface area contributed by atoms with Crippen LogP contribution in [0.3, 0.4) is 0 Å². The zero-order valence-electron chi connectivity index (χ0n) is 26.3. The van der Waals surface area contributed by atoms with E-state index in [0.717, 1.165) is 11.8 Å². The summed E-state index contributed by atoms with van der Waals surface area (Å²) < 4.78 is 0. The average molecular weight is 575 g/mol. The minimum atomic E-state index is -2.51. The number of allylic oxidation sites excluding steroid dienone is 1.